The van der Waals surface area contributed by atoms with E-state index in [9.17, 15) is 4.79 Å². The second kappa shape index (κ2) is 6.40. The Bertz CT molecular complexity index is 447. The predicted molar refractivity (Wildman–Crippen MR) is 72.9 cm³/mol. The fraction of sp³-hybridized carbons (Fsp3) is 0.500. The molecule has 0 N–H and O–H groups in total. The highest BCUT2D eigenvalue weighted by molar-refractivity contribution is 5.70. The van der Waals surface area contributed by atoms with Crippen molar-refractivity contribution in [2.24, 2.45) is 0 Å². The third-order valence-corrected chi connectivity index (χ3v) is 2.91. The summed E-state index contributed by atoms with van der Waals surface area (Å²) in [6, 6.07) is 6.23. The molecular formula is C14H22N2O2. The third kappa shape index (κ3) is 3.74. The van der Waals surface area contributed by atoms with Crippen LogP contribution < -0.4 is 4.74 Å². The van der Waals surface area contributed by atoms with Crippen LogP contribution in [-0.2, 0) is 0 Å². The largest absolute Gasteiger partial charge is 0.414 e. The average molecular weight is 251 g/mol. The Morgan fingerprint density at radius 3 is 2.67 bits per heavy atom. The number of amides is 1. The molecule has 0 aliphatic carbocycles. The van der Waals surface area contributed by atoms with Crippen LogP contribution in [0.2, 0.25) is 0 Å². The Morgan fingerprint density at radius 2 is 2.11 bits per heavy atom. The van der Waals surface area contributed by atoms with Crippen LogP contribution >= 0.6 is 0 Å². The maximum absolute atomic E-state index is 11.7. The minimum absolute atomic E-state index is 0.392. The monoisotopic (exact) mass is 251 g/mol. The maximum atomic E-state index is 11.7. The molecule has 0 aliphatic rings. The molecule has 0 unspecified atom stereocenters. The lowest BCUT2D eigenvalue weighted by Crippen LogP contribution is -2.29. The summed E-state index contributed by atoms with van der Waals surface area (Å²) < 4.78 is 13.6. The first-order chi connectivity index (χ1) is 8.78. The van der Waals surface area contributed by atoms with Crippen molar-refractivity contribution in [2.75, 3.05) is 27.7 Å². The van der Waals surface area contributed by atoms with Crippen molar-refractivity contribution in [1.82, 2.24) is 9.80 Å². The molecule has 0 fully saturated rings. The number of carbonyl (C=O) groups excluding carboxylic acids is 1. The quantitative estimate of drug-likeness (QED) is 0.825. The Labute approximate surface area is 111 Å². The summed E-state index contributed by atoms with van der Waals surface area (Å²) in [7, 11) is 5.37. The molecule has 4 nitrogen and oxygen atoms in total. The van der Waals surface area contributed by atoms with Crippen molar-refractivity contribution in [1.29, 1.82) is 0 Å². The van der Waals surface area contributed by atoms with E-state index in [4.69, 9.17) is 6.11 Å². The van der Waals surface area contributed by atoms with Gasteiger partial charge in [-0.3, -0.25) is 0 Å². The van der Waals surface area contributed by atoms with Gasteiger partial charge in [-0.25, -0.2) is 4.79 Å². The summed E-state index contributed by atoms with van der Waals surface area (Å²) in [6.45, 7) is 4.27. The van der Waals surface area contributed by atoms with E-state index in [1.165, 1.54) is 4.90 Å². The topological polar surface area (TPSA) is 32.8 Å². The van der Waals surface area contributed by atoms with Gasteiger partial charge >= 0.3 is 6.09 Å². The summed E-state index contributed by atoms with van der Waals surface area (Å²) in [6.07, 6.45) is -0.392. The van der Waals surface area contributed by atoms with E-state index >= 15 is 0 Å². The molecule has 0 radical (unpaired) electrons. The molecule has 100 valence electrons. The van der Waals surface area contributed by atoms with Crippen LogP contribution in [0.4, 0.5) is 4.79 Å². The van der Waals surface area contributed by atoms with Crippen LogP contribution in [0, 0.1) is 0 Å². The zero-order valence-corrected chi connectivity index (χ0v) is 11.7. The van der Waals surface area contributed by atoms with E-state index < -0.39 is 12.1 Å². The lowest BCUT2D eigenvalue weighted by atomic mass is 10.1. The lowest BCUT2D eigenvalue weighted by Gasteiger charge is -2.21. The van der Waals surface area contributed by atoms with E-state index in [0.29, 0.717) is 12.3 Å². The highest BCUT2D eigenvalue weighted by Gasteiger charge is 2.12. The molecule has 1 rings (SSSR count). The Balaban J connectivity index is 2.92. The maximum Gasteiger partial charge on any atom is 0.414 e. The van der Waals surface area contributed by atoms with Gasteiger partial charge in [0.1, 0.15) is 5.75 Å². The van der Waals surface area contributed by atoms with E-state index in [1.807, 2.05) is 27.1 Å². The molecule has 18 heavy (non-hydrogen) atoms. The fourth-order valence-corrected chi connectivity index (χ4v) is 1.35. The Morgan fingerprint density at radius 1 is 1.44 bits per heavy atom. The van der Waals surface area contributed by atoms with Gasteiger partial charge < -0.3 is 14.5 Å². The molecule has 4 heteroatoms. The van der Waals surface area contributed by atoms with Gasteiger partial charge in [0.05, 0.1) is 1.37 Å². The predicted octanol–water partition coefficient (Wildman–Crippen LogP) is 2.76. The molecule has 1 amide bonds. The van der Waals surface area contributed by atoms with Gasteiger partial charge in [0, 0.05) is 19.6 Å². The van der Waals surface area contributed by atoms with Crippen LogP contribution in [0.15, 0.2) is 24.3 Å². The van der Waals surface area contributed by atoms with Gasteiger partial charge in [-0.2, -0.15) is 0 Å². The molecular weight excluding hydrogens is 228 g/mol. The minimum atomic E-state index is -0.862. The highest BCUT2D eigenvalue weighted by atomic mass is 16.6. The van der Waals surface area contributed by atoms with Crippen LogP contribution in [0.5, 0.6) is 5.75 Å². The lowest BCUT2D eigenvalue weighted by molar-refractivity contribution is 0.165. The molecule has 1 aromatic carbocycles. The molecule has 0 spiro atoms. The number of benzene rings is 1. The zero-order valence-electron chi connectivity index (χ0n) is 12.7. The van der Waals surface area contributed by atoms with E-state index in [0.717, 1.165) is 5.56 Å². The average Bonchev–Trinajstić information content (AvgIpc) is 2.37. The van der Waals surface area contributed by atoms with Gasteiger partial charge in [0.2, 0.25) is 0 Å². The summed E-state index contributed by atoms with van der Waals surface area (Å²) in [5.74, 6) is 0.461. The van der Waals surface area contributed by atoms with Gasteiger partial charge in [-0.15, -0.1) is 0 Å². The SMILES string of the molecule is [2H][C@@](C)(c1cccc(OC(=O)N(C)CC)c1)N(C)C. The Kier molecular flexibility index (Phi) is 4.59. The van der Waals surface area contributed by atoms with E-state index in [-0.39, 0.29) is 0 Å². The number of rotatable bonds is 4. The van der Waals surface area contributed by atoms with Crippen molar-refractivity contribution in [2.45, 2.75) is 19.9 Å². The summed E-state index contributed by atoms with van der Waals surface area (Å²) >= 11 is 0. The van der Waals surface area contributed by atoms with Gasteiger partial charge in [-0.1, -0.05) is 12.1 Å². The number of nitrogens with zero attached hydrogens (tertiary/aromatic N) is 2. The molecule has 0 aliphatic heterocycles. The molecule has 0 saturated carbocycles. The van der Waals surface area contributed by atoms with Crippen molar-refractivity contribution < 1.29 is 10.9 Å². The summed E-state index contributed by atoms with van der Waals surface area (Å²) in [4.78, 5) is 15.0. The second-order valence-electron chi connectivity index (χ2n) is 4.39. The smallest absolute Gasteiger partial charge is 0.410 e. The van der Waals surface area contributed by atoms with Crippen molar-refractivity contribution >= 4 is 6.09 Å². The summed E-state index contributed by atoms with van der Waals surface area (Å²) in [5, 5.41) is 0. The number of hydrogen-bond donors (Lipinski definition) is 0. The molecule has 0 saturated heterocycles. The van der Waals surface area contributed by atoms with Gasteiger partial charge in [-0.05, 0) is 45.6 Å². The standard InChI is InChI=1S/C14H22N2O2/c1-6-16(5)14(17)18-13-9-7-8-12(10-13)11(2)15(3)4/h7-11H,6H2,1-5H3/t11-/m1/s1/i11D. The minimum Gasteiger partial charge on any atom is -0.410 e. The van der Waals surface area contributed by atoms with Gasteiger partial charge in [0.15, 0.2) is 0 Å². The molecule has 1 aromatic rings. The van der Waals surface area contributed by atoms with Gasteiger partial charge in [0.25, 0.3) is 0 Å². The number of ether oxygens (including phenoxy) is 1. The number of carbonyl (C=O) groups is 1. The normalized spacial score (nSPS) is 14.9. The van der Waals surface area contributed by atoms with Crippen molar-refractivity contribution in [3.8, 4) is 5.75 Å². The molecule has 0 aromatic heterocycles. The zero-order chi connectivity index (χ0) is 14.6. The summed E-state index contributed by atoms with van der Waals surface area (Å²) in [5.41, 5.74) is 0.780. The third-order valence-electron chi connectivity index (χ3n) is 2.91. The van der Waals surface area contributed by atoms with E-state index in [2.05, 4.69) is 0 Å². The highest BCUT2D eigenvalue weighted by Crippen LogP contribution is 2.22. The molecule has 0 bridgehead atoms. The first-order valence-corrected chi connectivity index (χ1v) is 6.00. The van der Waals surface area contributed by atoms with E-state index in [1.54, 1.807) is 37.1 Å². The van der Waals surface area contributed by atoms with Crippen molar-refractivity contribution in [3.05, 3.63) is 29.8 Å². The van der Waals surface area contributed by atoms with Crippen LogP contribution in [0.25, 0.3) is 0 Å². The number of hydrogen-bond acceptors (Lipinski definition) is 3. The van der Waals surface area contributed by atoms with Crippen molar-refractivity contribution in [3.63, 3.8) is 0 Å². The first-order valence-electron chi connectivity index (χ1n) is 6.50. The van der Waals surface area contributed by atoms with Crippen LogP contribution in [0.3, 0.4) is 0 Å². The van der Waals surface area contributed by atoms with Crippen LogP contribution in [-0.4, -0.2) is 43.6 Å². The molecule has 1 atom stereocenters. The Hall–Kier alpha value is -1.55. The second-order valence-corrected chi connectivity index (χ2v) is 4.39. The molecule has 0 heterocycles. The van der Waals surface area contributed by atoms with Crippen LogP contribution in [0.1, 0.15) is 26.8 Å². The first kappa shape index (κ1) is 12.9. The fourth-order valence-electron chi connectivity index (χ4n) is 1.35.